The first-order valence-electron chi connectivity index (χ1n) is 13.0. The highest BCUT2D eigenvalue weighted by molar-refractivity contribution is 5.78. The van der Waals surface area contributed by atoms with Gasteiger partial charge in [0.2, 0.25) is 5.91 Å². The normalized spacial score (nSPS) is 21.5. The monoisotopic (exact) mass is 495 g/mol. The van der Waals surface area contributed by atoms with Crippen molar-refractivity contribution in [2.45, 2.75) is 37.3 Å². The Balaban J connectivity index is 1.30. The highest BCUT2D eigenvalue weighted by atomic mass is 16.5. The second-order valence-corrected chi connectivity index (χ2v) is 9.76. The van der Waals surface area contributed by atoms with Crippen LogP contribution in [0.15, 0.2) is 73.1 Å². The Morgan fingerprint density at radius 2 is 1.62 bits per heavy atom. The van der Waals surface area contributed by atoms with Crippen LogP contribution in [0.2, 0.25) is 0 Å². The first kappa shape index (κ1) is 25.0. The van der Waals surface area contributed by atoms with E-state index in [1.807, 2.05) is 41.3 Å². The maximum absolute atomic E-state index is 13.2. The number of carbonyl (C=O) groups is 1. The smallest absolute Gasteiger partial charge is 0.227 e. The molecule has 3 heterocycles. The molecule has 37 heavy (non-hydrogen) atoms. The lowest BCUT2D eigenvalue weighted by Crippen LogP contribution is -2.68. The third kappa shape index (κ3) is 5.69. The van der Waals surface area contributed by atoms with Crippen molar-refractivity contribution < 1.29 is 14.6 Å². The van der Waals surface area contributed by atoms with Crippen LogP contribution in [0.5, 0.6) is 5.75 Å². The van der Waals surface area contributed by atoms with Crippen LogP contribution in [0.1, 0.15) is 41.0 Å². The van der Waals surface area contributed by atoms with Crippen molar-refractivity contribution in [2.24, 2.45) is 0 Å². The van der Waals surface area contributed by atoms with Gasteiger partial charge in [0.15, 0.2) is 0 Å². The molecule has 1 N–H and O–H groups in total. The standard InChI is InChI=1S/C31H33N3O3/c1-37-27-12-8-24(9-13-27)5-4-23-6-10-26(11-7-23)31-28-21-33(18-2-3-19-34(28)29(31)22-35)30(36)20-25-14-16-32-17-15-25/h6-17,28-29,31,35H,2-3,18-22H2,1H3/t28-,29+,31+/m0/s1. The summed E-state index contributed by atoms with van der Waals surface area (Å²) < 4.78 is 5.21. The molecule has 1 amide bonds. The Kier molecular flexibility index (Phi) is 7.84. The van der Waals surface area contributed by atoms with E-state index in [1.54, 1.807) is 19.5 Å². The van der Waals surface area contributed by atoms with Crippen LogP contribution in [-0.4, -0.2) is 71.2 Å². The molecule has 0 spiro atoms. The van der Waals surface area contributed by atoms with Gasteiger partial charge in [-0.3, -0.25) is 14.7 Å². The number of hydrogen-bond acceptors (Lipinski definition) is 5. The molecule has 2 fully saturated rings. The van der Waals surface area contributed by atoms with Crippen molar-refractivity contribution in [3.05, 3.63) is 95.3 Å². The van der Waals surface area contributed by atoms with E-state index < -0.39 is 0 Å². The minimum absolute atomic E-state index is 0.0801. The Hall–Kier alpha value is -3.66. The molecule has 1 aromatic heterocycles. The third-order valence-corrected chi connectivity index (χ3v) is 7.56. The predicted octanol–water partition coefficient (Wildman–Crippen LogP) is 3.48. The number of ether oxygens (including phenoxy) is 1. The van der Waals surface area contributed by atoms with Gasteiger partial charge in [-0.25, -0.2) is 0 Å². The Labute approximate surface area is 218 Å². The van der Waals surface area contributed by atoms with E-state index in [1.165, 1.54) is 5.56 Å². The lowest BCUT2D eigenvalue weighted by molar-refractivity contribution is -0.135. The van der Waals surface area contributed by atoms with Gasteiger partial charge in [-0.1, -0.05) is 24.0 Å². The van der Waals surface area contributed by atoms with Gasteiger partial charge in [0.05, 0.1) is 20.1 Å². The molecule has 0 unspecified atom stereocenters. The van der Waals surface area contributed by atoms with Crippen molar-refractivity contribution in [1.29, 1.82) is 0 Å². The van der Waals surface area contributed by atoms with E-state index in [0.29, 0.717) is 13.0 Å². The molecular formula is C31H33N3O3. The molecule has 3 aromatic rings. The minimum Gasteiger partial charge on any atom is -0.497 e. The number of fused-ring (bicyclic) bond motifs is 1. The highest BCUT2D eigenvalue weighted by Gasteiger charge is 2.49. The first-order chi connectivity index (χ1) is 18.2. The van der Waals surface area contributed by atoms with Gasteiger partial charge < -0.3 is 14.7 Å². The molecule has 0 saturated carbocycles. The summed E-state index contributed by atoms with van der Waals surface area (Å²) in [6.45, 7) is 2.55. The Morgan fingerprint density at radius 1 is 0.973 bits per heavy atom. The van der Waals surface area contributed by atoms with Crippen LogP contribution in [0.4, 0.5) is 0 Å². The van der Waals surface area contributed by atoms with Gasteiger partial charge in [0, 0.05) is 54.6 Å². The zero-order valence-electron chi connectivity index (χ0n) is 21.2. The van der Waals surface area contributed by atoms with Crippen LogP contribution in [0.25, 0.3) is 0 Å². The number of aromatic nitrogens is 1. The highest BCUT2D eigenvalue weighted by Crippen LogP contribution is 2.42. The van der Waals surface area contributed by atoms with Crippen LogP contribution in [0.3, 0.4) is 0 Å². The van der Waals surface area contributed by atoms with Crippen LogP contribution in [-0.2, 0) is 11.2 Å². The van der Waals surface area contributed by atoms with E-state index in [-0.39, 0.29) is 30.5 Å². The van der Waals surface area contributed by atoms with Crippen molar-refractivity contribution in [1.82, 2.24) is 14.8 Å². The zero-order valence-corrected chi connectivity index (χ0v) is 21.2. The van der Waals surface area contributed by atoms with Crippen LogP contribution < -0.4 is 4.74 Å². The van der Waals surface area contributed by atoms with Gasteiger partial charge in [-0.15, -0.1) is 0 Å². The summed E-state index contributed by atoms with van der Waals surface area (Å²) in [6, 6.07) is 20.2. The van der Waals surface area contributed by atoms with E-state index in [2.05, 4.69) is 46.0 Å². The molecule has 190 valence electrons. The number of aliphatic hydroxyl groups is 1. The molecule has 0 radical (unpaired) electrons. The fourth-order valence-corrected chi connectivity index (χ4v) is 5.56. The SMILES string of the molecule is COc1ccc(C#Cc2ccc([C@H]3[C@@H](CO)N4CCCCN(C(=O)Cc5ccncc5)C[C@@H]34)cc2)cc1. The number of pyridine rings is 1. The van der Waals surface area contributed by atoms with Crippen molar-refractivity contribution in [2.75, 3.05) is 33.4 Å². The molecule has 2 aliphatic heterocycles. The molecule has 2 aliphatic rings. The van der Waals surface area contributed by atoms with Gasteiger partial charge in [-0.05, 0) is 79.0 Å². The summed E-state index contributed by atoms with van der Waals surface area (Å²) in [5.41, 5.74) is 4.06. The zero-order chi connectivity index (χ0) is 25.6. The number of rotatable bonds is 5. The minimum atomic E-state index is 0.0801. The number of benzene rings is 2. The lowest BCUT2D eigenvalue weighted by atomic mass is 9.74. The number of hydrogen-bond donors (Lipinski definition) is 1. The molecule has 0 aliphatic carbocycles. The van der Waals surface area contributed by atoms with Gasteiger partial charge in [-0.2, -0.15) is 0 Å². The summed E-state index contributed by atoms with van der Waals surface area (Å²) in [4.78, 5) is 21.7. The predicted molar refractivity (Wildman–Crippen MR) is 143 cm³/mol. The molecule has 5 rings (SSSR count). The van der Waals surface area contributed by atoms with E-state index in [4.69, 9.17) is 4.74 Å². The lowest BCUT2D eigenvalue weighted by Gasteiger charge is -2.57. The van der Waals surface area contributed by atoms with E-state index >= 15 is 0 Å². The van der Waals surface area contributed by atoms with Gasteiger partial charge in [0.25, 0.3) is 0 Å². The fraction of sp³-hybridized carbons (Fsp3) is 0.355. The Morgan fingerprint density at radius 3 is 2.27 bits per heavy atom. The van der Waals surface area contributed by atoms with Crippen LogP contribution >= 0.6 is 0 Å². The second-order valence-electron chi connectivity index (χ2n) is 9.76. The Bertz CT molecular complexity index is 1250. The quantitative estimate of drug-likeness (QED) is 0.549. The fourth-order valence-electron chi connectivity index (χ4n) is 5.56. The van der Waals surface area contributed by atoms with E-state index in [0.717, 1.165) is 48.4 Å². The van der Waals surface area contributed by atoms with Gasteiger partial charge >= 0.3 is 0 Å². The molecule has 0 bridgehead atoms. The summed E-state index contributed by atoms with van der Waals surface area (Å²) in [6.07, 6.45) is 5.87. The van der Waals surface area contributed by atoms with Crippen molar-refractivity contribution >= 4 is 5.91 Å². The second kappa shape index (κ2) is 11.6. The molecular weight excluding hydrogens is 462 g/mol. The summed E-state index contributed by atoms with van der Waals surface area (Å²) in [5, 5.41) is 10.2. The summed E-state index contributed by atoms with van der Waals surface area (Å²) in [5.74, 6) is 7.60. The molecule has 3 atom stereocenters. The molecule has 6 nitrogen and oxygen atoms in total. The number of amides is 1. The number of nitrogens with zero attached hydrogens (tertiary/aromatic N) is 3. The number of aliphatic hydroxyl groups excluding tert-OH is 1. The van der Waals surface area contributed by atoms with Crippen molar-refractivity contribution in [3.8, 4) is 17.6 Å². The average molecular weight is 496 g/mol. The summed E-state index contributed by atoms with van der Waals surface area (Å²) in [7, 11) is 1.65. The molecule has 2 aromatic carbocycles. The molecule has 6 heteroatoms. The molecule has 2 saturated heterocycles. The number of methoxy groups -OCH3 is 1. The largest absolute Gasteiger partial charge is 0.497 e. The maximum Gasteiger partial charge on any atom is 0.227 e. The average Bonchev–Trinajstić information content (AvgIpc) is 2.92. The van der Waals surface area contributed by atoms with E-state index in [9.17, 15) is 9.90 Å². The van der Waals surface area contributed by atoms with Crippen LogP contribution in [0, 0.1) is 11.8 Å². The third-order valence-electron chi connectivity index (χ3n) is 7.56. The first-order valence-corrected chi connectivity index (χ1v) is 13.0. The summed E-state index contributed by atoms with van der Waals surface area (Å²) >= 11 is 0. The van der Waals surface area contributed by atoms with Gasteiger partial charge in [0.1, 0.15) is 5.75 Å². The number of carbonyl (C=O) groups excluding carboxylic acids is 1. The van der Waals surface area contributed by atoms with Crippen molar-refractivity contribution in [3.63, 3.8) is 0 Å². The maximum atomic E-state index is 13.2. The topological polar surface area (TPSA) is 65.9 Å².